The molecule has 3 aromatic carbocycles. The fourth-order valence-corrected chi connectivity index (χ4v) is 4.10. The van der Waals surface area contributed by atoms with Crippen LogP contribution in [0.5, 0.6) is 5.75 Å². The topological polar surface area (TPSA) is 65.1 Å². The third kappa shape index (κ3) is 9.56. The quantitative estimate of drug-likeness (QED) is 0.188. The number of methoxy groups -OCH3 is 2. The number of nitrogens with zero attached hydrogens (tertiary/aromatic N) is 1. The second-order valence-corrected chi connectivity index (χ2v) is 9.21. The van der Waals surface area contributed by atoms with Gasteiger partial charge in [-0.2, -0.15) is 0 Å². The van der Waals surface area contributed by atoms with Crippen LogP contribution in [0.3, 0.4) is 0 Å². The van der Waals surface area contributed by atoms with Crippen LogP contribution in [0.2, 0.25) is 5.02 Å². The van der Waals surface area contributed by atoms with Gasteiger partial charge in [0.25, 0.3) is 0 Å². The number of halogens is 1. The van der Waals surface area contributed by atoms with E-state index in [1.54, 1.807) is 12.1 Å². The van der Waals surface area contributed by atoms with Gasteiger partial charge in [-0.1, -0.05) is 54.1 Å². The van der Waals surface area contributed by atoms with Gasteiger partial charge < -0.3 is 14.2 Å². The highest BCUT2D eigenvalue weighted by Crippen LogP contribution is 2.21. The second-order valence-electron chi connectivity index (χ2n) is 8.77. The van der Waals surface area contributed by atoms with Crippen LogP contribution < -0.4 is 4.74 Å². The van der Waals surface area contributed by atoms with Crippen molar-refractivity contribution in [2.45, 2.75) is 38.8 Å². The minimum atomic E-state index is -0.346. The zero-order valence-corrected chi connectivity index (χ0v) is 22.2. The van der Waals surface area contributed by atoms with Gasteiger partial charge in [-0.05, 0) is 72.8 Å². The molecule has 0 spiro atoms. The molecular formula is C30H34ClNO5. The summed E-state index contributed by atoms with van der Waals surface area (Å²) in [4.78, 5) is 25.6. The summed E-state index contributed by atoms with van der Waals surface area (Å²) in [6.07, 6.45) is 2.88. The highest BCUT2D eigenvalue weighted by atomic mass is 35.5. The summed E-state index contributed by atoms with van der Waals surface area (Å²) in [6, 6.07) is 23.2. The fraction of sp³-hybridized carbons (Fsp3) is 0.333. The lowest BCUT2D eigenvalue weighted by atomic mass is 10.1. The van der Waals surface area contributed by atoms with Crippen LogP contribution in [0.1, 0.15) is 46.3 Å². The van der Waals surface area contributed by atoms with E-state index in [4.69, 9.17) is 25.8 Å². The lowest BCUT2D eigenvalue weighted by molar-refractivity contribution is -0.140. The smallest absolute Gasteiger partial charge is 0.337 e. The molecule has 0 unspecified atom stereocenters. The van der Waals surface area contributed by atoms with Gasteiger partial charge >= 0.3 is 11.9 Å². The van der Waals surface area contributed by atoms with E-state index in [0.717, 1.165) is 61.3 Å². The molecule has 0 N–H and O–H groups in total. The third-order valence-electron chi connectivity index (χ3n) is 6.09. The molecular weight excluding hydrogens is 490 g/mol. The Morgan fingerprint density at radius 3 is 2.22 bits per heavy atom. The van der Waals surface area contributed by atoms with Crippen molar-refractivity contribution in [3.8, 4) is 5.75 Å². The lowest BCUT2D eigenvalue weighted by Crippen LogP contribution is -2.27. The van der Waals surface area contributed by atoms with Crippen LogP contribution in [0, 0.1) is 0 Å². The number of benzene rings is 3. The van der Waals surface area contributed by atoms with E-state index < -0.39 is 0 Å². The molecule has 0 aliphatic rings. The average Bonchev–Trinajstić information content (AvgIpc) is 2.93. The maximum Gasteiger partial charge on any atom is 0.337 e. The molecule has 7 heteroatoms. The lowest BCUT2D eigenvalue weighted by Gasteiger charge is -2.23. The van der Waals surface area contributed by atoms with Gasteiger partial charge in [-0.15, -0.1) is 0 Å². The highest BCUT2D eigenvalue weighted by molar-refractivity contribution is 6.30. The van der Waals surface area contributed by atoms with Crippen LogP contribution >= 0.6 is 11.6 Å². The Morgan fingerprint density at radius 2 is 1.51 bits per heavy atom. The Labute approximate surface area is 224 Å². The van der Waals surface area contributed by atoms with E-state index in [1.807, 2.05) is 54.6 Å². The van der Waals surface area contributed by atoms with E-state index in [2.05, 4.69) is 11.0 Å². The van der Waals surface area contributed by atoms with E-state index >= 15 is 0 Å². The highest BCUT2D eigenvalue weighted by Gasteiger charge is 2.12. The predicted molar refractivity (Wildman–Crippen MR) is 145 cm³/mol. The molecule has 0 bridgehead atoms. The van der Waals surface area contributed by atoms with Crippen LogP contribution in [0.25, 0.3) is 0 Å². The van der Waals surface area contributed by atoms with Crippen molar-refractivity contribution < 1.29 is 23.8 Å². The summed E-state index contributed by atoms with van der Waals surface area (Å²) in [6.45, 7) is 2.85. The molecule has 0 saturated carbocycles. The van der Waals surface area contributed by atoms with Crippen molar-refractivity contribution in [1.29, 1.82) is 0 Å². The minimum absolute atomic E-state index is 0.184. The van der Waals surface area contributed by atoms with Crippen molar-refractivity contribution in [2.24, 2.45) is 0 Å². The number of carbonyl (C=O) groups is 2. The normalized spacial score (nSPS) is 10.8. The first kappa shape index (κ1) is 28.2. The largest absolute Gasteiger partial charge is 0.489 e. The van der Waals surface area contributed by atoms with Gasteiger partial charge in [0, 0.05) is 24.5 Å². The predicted octanol–water partition coefficient (Wildman–Crippen LogP) is 6.09. The number of esters is 2. The van der Waals surface area contributed by atoms with E-state index in [9.17, 15) is 9.59 Å². The Kier molecular flexibility index (Phi) is 11.5. The van der Waals surface area contributed by atoms with Gasteiger partial charge in [-0.25, -0.2) is 4.79 Å². The second kappa shape index (κ2) is 15.0. The maximum absolute atomic E-state index is 11.8. The molecule has 0 amide bonds. The molecule has 3 aromatic rings. The Morgan fingerprint density at radius 1 is 0.811 bits per heavy atom. The van der Waals surface area contributed by atoms with Crippen LogP contribution in [-0.4, -0.2) is 44.1 Å². The molecule has 0 radical (unpaired) electrons. The van der Waals surface area contributed by atoms with Crippen molar-refractivity contribution in [3.63, 3.8) is 0 Å². The number of hydrogen-bond donors (Lipinski definition) is 0. The summed E-state index contributed by atoms with van der Waals surface area (Å²) < 4.78 is 15.7. The Bertz CT molecular complexity index is 1130. The van der Waals surface area contributed by atoms with Crippen molar-refractivity contribution in [1.82, 2.24) is 4.90 Å². The summed E-state index contributed by atoms with van der Waals surface area (Å²) in [5.41, 5.74) is 3.83. The fourth-order valence-electron chi connectivity index (χ4n) is 3.97. The molecule has 6 nitrogen and oxygen atoms in total. The number of para-hydroxylation sites is 1. The van der Waals surface area contributed by atoms with Gasteiger partial charge in [0.2, 0.25) is 0 Å². The molecule has 0 atom stereocenters. The number of hydrogen-bond acceptors (Lipinski definition) is 6. The summed E-state index contributed by atoms with van der Waals surface area (Å²) in [7, 11) is 2.79. The van der Waals surface area contributed by atoms with Gasteiger partial charge in [-0.3, -0.25) is 9.69 Å². The average molecular weight is 524 g/mol. The Balaban J connectivity index is 1.63. The first-order valence-electron chi connectivity index (χ1n) is 12.4. The number of rotatable bonds is 14. The van der Waals surface area contributed by atoms with Gasteiger partial charge in [0.1, 0.15) is 12.4 Å². The van der Waals surface area contributed by atoms with E-state index in [0.29, 0.717) is 23.6 Å². The van der Waals surface area contributed by atoms with E-state index in [1.165, 1.54) is 14.2 Å². The van der Waals surface area contributed by atoms with E-state index in [-0.39, 0.29) is 11.9 Å². The zero-order chi connectivity index (χ0) is 26.5. The first-order chi connectivity index (χ1) is 18.0. The molecule has 0 aromatic heterocycles. The van der Waals surface area contributed by atoms with Crippen molar-refractivity contribution in [2.75, 3.05) is 27.3 Å². The zero-order valence-electron chi connectivity index (χ0n) is 21.5. The molecule has 0 saturated heterocycles. The molecule has 0 aliphatic carbocycles. The van der Waals surface area contributed by atoms with Crippen LogP contribution in [0.4, 0.5) is 0 Å². The first-order valence-corrected chi connectivity index (χ1v) is 12.8. The summed E-state index contributed by atoms with van der Waals surface area (Å²) in [5, 5.41) is 0.704. The summed E-state index contributed by atoms with van der Waals surface area (Å²) >= 11 is 5.99. The minimum Gasteiger partial charge on any atom is -0.489 e. The molecule has 0 aliphatic heterocycles. The number of ether oxygens (including phenoxy) is 3. The van der Waals surface area contributed by atoms with Crippen molar-refractivity contribution in [3.05, 3.63) is 100 Å². The van der Waals surface area contributed by atoms with Crippen LogP contribution in [-0.2, 0) is 33.8 Å². The molecule has 37 heavy (non-hydrogen) atoms. The summed E-state index contributed by atoms with van der Waals surface area (Å²) in [5.74, 6) is 0.337. The third-order valence-corrected chi connectivity index (χ3v) is 6.34. The molecule has 0 heterocycles. The maximum atomic E-state index is 11.8. The molecule has 3 rings (SSSR count). The Hall–Kier alpha value is -3.35. The monoisotopic (exact) mass is 523 g/mol. The number of carbonyl (C=O) groups excluding carboxylic acids is 2. The van der Waals surface area contributed by atoms with Gasteiger partial charge in [0.05, 0.1) is 19.8 Å². The number of unbranched alkanes of at least 4 members (excludes halogenated alkanes) is 1. The molecule has 0 fully saturated rings. The van der Waals surface area contributed by atoms with Crippen LogP contribution in [0.15, 0.2) is 72.8 Å². The molecule has 196 valence electrons. The standard InChI is InChI=1S/C30H34ClNO5/c1-35-29(33)9-5-6-19-32(21-23-10-14-26(15-11-23)30(34)36-2)20-18-25-7-3-4-8-28(25)37-22-24-12-16-27(31)17-13-24/h3-4,7-8,10-17H,5-6,9,18-22H2,1-2H3. The van der Waals surface area contributed by atoms with Gasteiger partial charge in [0.15, 0.2) is 0 Å². The SMILES string of the molecule is COC(=O)CCCCN(CCc1ccccc1OCc1ccc(Cl)cc1)Cc1ccc(C(=O)OC)cc1. The van der Waals surface area contributed by atoms with Crippen molar-refractivity contribution >= 4 is 23.5 Å².